The zero-order valence-corrected chi connectivity index (χ0v) is 27.0. The van der Waals surface area contributed by atoms with E-state index in [4.69, 9.17) is 9.97 Å². The van der Waals surface area contributed by atoms with Gasteiger partial charge in [0.15, 0.2) is 11.5 Å². The third-order valence-corrected chi connectivity index (χ3v) is 11.7. The molecule has 1 saturated carbocycles. The predicted molar refractivity (Wildman–Crippen MR) is 181 cm³/mol. The molecule has 8 rings (SSSR count). The van der Waals surface area contributed by atoms with Crippen LogP contribution in [0.25, 0.3) is 16.9 Å². The minimum atomic E-state index is -1.01. The summed E-state index contributed by atoms with van der Waals surface area (Å²) in [7, 11) is 2.24. The van der Waals surface area contributed by atoms with Crippen LogP contribution in [0.2, 0.25) is 0 Å². The zero-order valence-electron chi connectivity index (χ0n) is 27.0. The first-order valence-corrected chi connectivity index (χ1v) is 16.8. The van der Waals surface area contributed by atoms with Crippen molar-refractivity contribution < 1.29 is 5.11 Å². The molecule has 4 aromatic rings. The number of nitrogens with zero attached hydrogens (tertiary/aromatic N) is 7. The number of fused-ring (bicyclic) bond motifs is 2. The molecule has 3 aromatic heterocycles. The van der Waals surface area contributed by atoms with Crippen molar-refractivity contribution in [3.8, 4) is 5.82 Å². The van der Waals surface area contributed by atoms with E-state index in [1.54, 1.807) is 21.6 Å². The second-order valence-corrected chi connectivity index (χ2v) is 14.4. The van der Waals surface area contributed by atoms with Crippen molar-refractivity contribution in [3.05, 3.63) is 76.9 Å². The number of aromatic nitrogens is 5. The van der Waals surface area contributed by atoms with Gasteiger partial charge in [-0.1, -0.05) is 12.1 Å². The smallest absolute Gasteiger partial charge is 0.278 e. The summed E-state index contributed by atoms with van der Waals surface area (Å²) in [6, 6.07) is 12.4. The van der Waals surface area contributed by atoms with Crippen molar-refractivity contribution in [3.63, 3.8) is 0 Å². The Morgan fingerprint density at radius 1 is 0.957 bits per heavy atom. The van der Waals surface area contributed by atoms with E-state index >= 15 is 0 Å². The van der Waals surface area contributed by atoms with E-state index in [-0.39, 0.29) is 17.5 Å². The lowest BCUT2D eigenvalue weighted by Crippen LogP contribution is -2.46. The molecule has 1 aromatic carbocycles. The summed E-state index contributed by atoms with van der Waals surface area (Å²) in [4.78, 5) is 32.8. The second-order valence-electron chi connectivity index (χ2n) is 14.4. The lowest BCUT2D eigenvalue weighted by Gasteiger charge is -2.46. The van der Waals surface area contributed by atoms with Crippen molar-refractivity contribution in [2.75, 3.05) is 43.4 Å². The van der Waals surface area contributed by atoms with Crippen LogP contribution in [0.1, 0.15) is 63.1 Å². The number of aryl methyl sites for hydroxylation is 1. The van der Waals surface area contributed by atoms with Gasteiger partial charge in [-0.2, -0.15) is 4.98 Å². The maximum Gasteiger partial charge on any atom is 0.278 e. The molecule has 2 aliphatic carbocycles. The predicted octanol–water partition coefficient (Wildman–Crippen LogP) is 5.15. The van der Waals surface area contributed by atoms with E-state index in [0.29, 0.717) is 33.9 Å². The summed E-state index contributed by atoms with van der Waals surface area (Å²) >= 11 is 0. The fourth-order valence-electron chi connectivity index (χ4n) is 8.30. The molecule has 2 N–H and O–H groups in total. The number of rotatable bonds is 6. The van der Waals surface area contributed by atoms with Gasteiger partial charge in [-0.15, -0.1) is 6.58 Å². The molecule has 46 heavy (non-hydrogen) atoms. The van der Waals surface area contributed by atoms with Gasteiger partial charge in [0.25, 0.3) is 5.56 Å². The number of hydrogen-bond donors (Lipinski definition) is 2. The Hall–Kier alpha value is -4.02. The Balaban J connectivity index is 1.06. The quantitative estimate of drug-likeness (QED) is 0.285. The topological polar surface area (TPSA) is 104 Å². The summed E-state index contributed by atoms with van der Waals surface area (Å²) in [5, 5.41) is 15.4. The molecule has 0 bridgehead atoms. The molecular formula is C36H44N8O2. The number of anilines is 3. The molecule has 5 heterocycles. The molecule has 0 amide bonds. The van der Waals surface area contributed by atoms with E-state index in [0.717, 1.165) is 50.0 Å². The largest absolute Gasteiger partial charge is 0.383 e. The van der Waals surface area contributed by atoms with Gasteiger partial charge in [0, 0.05) is 36.1 Å². The Kier molecular flexibility index (Phi) is 6.88. The van der Waals surface area contributed by atoms with Crippen LogP contribution >= 0.6 is 0 Å². The van der Waals surface area contributed by atoms with Crippen molar-refractivity contribution in [1.29, 1.82) is 0 Å². The number of pyridine rings is 1. The molecule has 3 fully saturated rings. The molecule has 2 spiro atoms. The summed E-state index contributed by atoms with van der Waals surface area (Å²) in [5.41, 5.74) is 3.55. The normalized spacial score (nSPS) is 23.5. The molecule has 0 unspecified atom stereocenters. The van der Waals surface area contributed by atoms with Crippen LogP contribution in [0, 0.1) is 10.8 Å². The minimum Gasteiger partial charge on any atom is -0.383 e. The van der Waals surface area contributed by atoms with Crippen molar-refractivity contribution in [2.45, 2.75) is 70.4 Å². The molecule has 10 nitrogen and oxygen atoms in total. The monoisotopic (exact) mass is 620 g/mol. The summed E-state index contributed by atoms with van der Waals surface area (Å²) < 4.78 is 3.33. The highest BCUT2D eigenvalue weighted by Gasteiger charge is 2.59. The Morgan fingerprint density at radius 2 is 1.67 bits per heavy atom. The number of hydrogen-bond acceptors (Lipinski definition) is 8. The first-order valence-electron chi connectivity index (χ1n) is 16.8. The molecule has 1 atom stereocenters. The van der Waals surface area contributed by atoms with Gasteiger partial charge in [0.1, 0.15) is 11.0 Å². The minimum absolute atomic E-state index is 0.0944. The third kappa shape index (κ3) is 4.76. The SMILES string of the molecule is C=CCn1c(=O)c2cnc(Nc3ccc(N4CCC5(CCN(C)CC5)CC4)cc3)nc2n1-c1ccc2c(n1)[C@](C)(O)C1(CC2)CC1. The van der Waals surface area contributed by atoms with Crippen LogP contribution < -0.4 is 15.8 Å². The van der Waals surface area contributed by atoms with Crippen LogP contribution in [-0.4, -0.2) is 67.5 Å². The lowest BCUT2D eigenvalue weighted by molar-refractivity contribution is -0.0371. The van der Waals surface area contributed by atoms with Crippen molar-refractivity contribution in [1.82, 2.24) is 29.2 Å². The van der Waals surface area contributed by atoms with Crippen molar-refractivity contribution in [2.24, 2.45) is 10.8 Å². The lowest BCUT2D eigenvalue weighted by atomic mass is 9.71. The average Bonchev–Trinajstić information content (AvgIpc) is 3.82. The first kappa shape index (κ1) is 29.4. The molecule has 4 aliphatic rings. The van der Waals surface area contributed by atoms with Crippen LogP contribution in [0.5, 0.6) is 0 Å². The Labute approximate surface area is 269 Å². The average molecular weight is 621 g/mol. The molecule has 0 radical (unpaired) electrons. The number of piperidine rings is 2. The fourth-order valence-corrected chi connectivity index (χ4v) is 8.30. The number of likely N-dealkylation sites (tertiary alicyclic amines) is 1. The third-order valence-electron chi connectivity index (χ3n) is 11.7. The molecule has 10 heteroatoms. The number of nitrogens with one attached hydrogen (secondary N) is 1. The van der Waals surface area contributed by atoms with Gasteiger partial charge >= 0.3 is 0 Å². The zero-order chi connectivity index (χ0) is 31.7. The van der Waals surface area contributed by atoms with E-state index in [1.165, 1.54) is 44.5 Å². The van der Waals surface area contributed by atoms with Gasteiger partial charge in [-0.25, -0.2) is 19.3 Å². The molecule has 2 saturated heterocycles. The molecule has 240 valence electrons. The van der Waals surface area contributed by atoms with Crippen LogP contribution in [0.15, 0.2) is 60.0 Å². The highest BCUT2D eigenvalue weighted by atomic mass is 16.3. The van der Waals surface area contributed by atoms with Gasteiger partial charge < -0.3 is 20.2 Å². The summed E-state index contributed by atoms with van der Waals surface area (Å²) in [5.74, 6) is 0.942. The second kappa shape index (κ2) is 10.8. The van der Waals surface area contributed by atoms with E-state index in [1.807, 2.05) is 19.1 Å². The van der Waals surface area contributed by atoms with Gasteiger partial charge in [0.05, 0.1) is 12.2 Å². The van der Waals surface area contributed by atoms with Crippen LogP contribution in [0.4, 0.5) is 17.3 Å². The molecular weight excluding hydrogens is 576 g/mol. The maximum absolute atomic E-state index is 13.5. The van der Waals surface area contributed by atoms with E-state index < -0.39 is 5.60 Å². The number of benzene rings is 1. The van der Waals surface area contributed by atoms with Gasteiger partial charge in [-0.05, 0) is 120 Å². The van der Waals surface area contributed by atoms with Gasteiger partial charge in [-0.3, -0.25) is 4.79 Å². The summed E-state index contributed by atoms with van der Waals surface area (Å²) in [6.45, 7) is 10.7. The van der Waals surface area contributed by atoms with E-state index in [2.05, 4.69) is 58.0 Å². The maximum atomic E-state index is 13.5. The molecule has 2 aliphatic heterocycles. The van der Waals surface area contributed by atoms with Crippen molar-refractivity contribution >= 4 is 28.4 Å². The van der Waals surface area contributed by atoms with E-state index in [9.17, 15) is 9.90 Å². The standard InChI is InChI=1S/C36H44N8O2/c1-4-19-43-32(45)28-24-37-33(38-26-6-8-27(9-7-26)42-22-17-35(18-23-42)15-20-41(3)21-16-35)40-31(28)44(43)29-10-5-25-11-12-36(13-14-36)34(2,46)30(25)39-29/h4-10,24,46H,1,11-23H2,2-3H3,(H,37,38,40)/t34-/m0/s1. The Bertz CT molecular complexity index is 1850. The van der Waals surface area contributed by atoms with Gasteiger partial charge in [0.2, 0.25) is 5.95 Å². The summed E-state index contributed by atoms with van der Waals surface area (Å²) in [6.07, 6.45) is 12.3. The first-order chi connectivity index (χ1) is 22.2. The van der Waals surface area contributed by atoms with Crippen LogP contribution in [-0.2, 0) is 18.6 Å². The number of allylic oxidation sites excluding steroid dienone is 1. The highest BCUT2D eigenvalue weighted by Crippen LogP contribution is 2.63. The van der Waals surface area contributed by atoms with Crippen LogP contribution in [0.3, 0.4) is 0 Å². The fraction of sp³-hybridized carbons (Fsp3) is 0.500. The number of aliphatic hydroxyl groups is 1. The Morgan fingerprint density at radius 3 is 2.37 bits per heavy atom. The highest BCUT2D eigenvalue weighted by molar-refractivity contribution is 5.77.